The maximum absolute atomic E-state index is 13.4. The lowest BCUT2D eigenvalue weighted by atomic mass is 9.89. The van der Waals surface area contributed by atoms with E-state index in [1.807, 2.05) is 37.8 Å². The molecule has 1 fully saturated rings. The van der Waals surface area contributed by atoms with Gasteiger partial charge in [0.05, 0.1) is 12.0 Å². The molecule has 182 valence electrons. The van der Waals surface area contributed by atoms with Crippen molar-refractivity contribution in [2.24, 2.45) is 0 Å². The number of piperidine rings is 1. The topological polar surface area (TPSA) is 82.7 Å². The number of hydrogen-bond acceptors (Lipinski definition) is 4. The third-order valence-electron chi connectivity index (χ3n) is 6.93. The summed E-state index contributed by atoms with van der Waals surface area (Å²) >= 11 is 0. The van der Waals surface area contributed by atoms with Crippen LogP contribution in [-0.4, -0.2) is 61.8 Å². The van der Waals surface area contributed by atoms with E-state index < -0.39 is 10.0 Å². The zero-order chi connectivity index (χ0) is 24.5. The molecule has 2 aromatic carbocycles. The van der Waals surface area contributed by atoms with Gasteiger partial charge in [0.1, 0.15) is 5.75 Å². The van der Waals surface area contributed by atoms with Gasteiger partial charge in [-0.2, -0.15) is 4.31 Å². The standard InChI is InChI=1S/C26H33N3O4S/c1-5-29(6-2)34(31,32)21-9-7-18(3)22(16-21)26(30)28-13-11-19(12-14-28)24-17-27-25-10-8-20(33-4)15-23(24)25/h7-10,15-17,19,27H,5-6,11-14H2,1-4H3. The molecule has 7 nitrogen and oxygen atoms in total. The number of amides is 1. The Morgan fingerprint density at radius 2 is 1.82 bits per heavy atom. The fourth-order valence-corrected chi connectivity index (χ4v) is 6.34. The third kappa shape index (κ3) is 4.44. The molecule has 0 unspecified atom stereocenters. The second-order valence-corrected chi connectivity index (χ2v) is 10.7. The number of benzene rings is 2. The molecule has 1 aliphatic rings. The van der Waals surface area contributed by atoms with Gasteiger partial charge in [0, 0.05) is 48.8 Å². The van der Waals surface area contributed by atoms with Crippen LogP contribution in [0, 0.1) is 6.92 Å². The van der Waals surface area contributed by atoms with Crippen LogP contribution in [0.15, 0.2) is 47.5 Å². The van der Waals surface area contributed by atoms with Crippen LogP contribution in [0.2, 0.25) is 0 Å². The number of aryl methyl sites for hydroxylation is 1. The van der Waals surface area contributed by atoms with Crippen LogP contribution in [0.3, 0.4) is 0 Å². The lowest BCUT2D eigenvalue weighted by molar-refractivity contribution is 0.0712. The smallest absolute Gasteiger partial charge is 0.254 e. The summed E-state index contributed by atoms with van der Waals surface area (Å²) in [6, 6.07) is 10.9. The highest BCUT2D eigenvalue weighted by Crippen LogP contribution is 2.35. The molecule has 1 saturated heterocycles. The molecule has 0 bridgehead atoms. The van der Waals surface area contributed by atoms with Gasteiger partial charge in [-0.05, 0) is 67.1 Å². The molecule has 1 aromatic heterocycles. The number of fused-ring (bicyclic) bond motifs is 1. The molecule has 1 N–H and O–H groups in total. The minimum Gasteiger partial charge on any atom is -0.497 e. The number of aromatic nitrogens is 1. The van der Waals surface area contributed by atoms with Gasteiger partial charge in [-0.25, -0.2) is 8.42 Å². The van der Waals surface area contributed by atoms with E-state index in [1.165, 1.54) is 9.87 Å². The molecular weight excluding hydrogens is 450 g/mol. The molecule has 34 heavy (non-hydrogen) atoms. The number of ether oxygens (including phenoxy) is 1. The molecule has 2 heterocycles. The molecule has 4 rings (SSSR count). The first-order valence-electron chi connectivity index (χ1n) is 11.8. The van der Waals surface area contributed by atoms with Crippen molar-refractivity contribution < 1.29 is 17.9 Å². The van der Waals surface area contributed by atoms with Gasteiger partial charge >= 0.3 is 0 Å². The van der Waals surface area contributed by atoms with Crippen molar-refractivity contribution in [1.82, 2.24) is 14.2 Å². The van der Waals surface area contributed by atoms with E-state index in [4.69, 9.17) is 4.74 Å². The van der Waals surface area contributed by atoms with Crippen LogP contribution >= 0.6 is 0 Å². The van der Waals surface area contributed by atoms with E-state index in [0.717, 1.165) is 35.1 Å². The third-order valence-corrected chi connectivity index (χ3v) is 8.97. The van der Waals surface area contributed by atoms with Crippen LogP contribution in [0.25, 0.3) is 10.9 Å². The van der Waals surface area contributed by atoms with Crippen molar-refractivity contribution in [2.75, 3.05) is 33.3 Å². The lowest BCUT2D eigenvalue weighted by Crippen LogP contribution is -2.38. The number of carbonyl (C=O) groups excluding carboxylic acids is 1. The van der Waals surface area contributed by atoms with E-state index in [2.05, 4.69) is 17.2 Å². The van der Waals surface area contributed by atoms with Gasteiger partial charge in [-0.1, -0.05) is 19.9 Å². The first kappa shape index (κ1) is 24.3. The quantitative estimate of drug-likeness (QED) is 0.535. The van der Waals surface area contributed by atoms with Crippen molar-refractivity contribution in [2.45, 2.75) is 44.4 Å². The van der Waals surface area contributed by atoms with Crippen molar-refractivity contribution in [3.8, 4) is 5.75 Å². The number of rotatable bonds is 7. The normalized spacial score (nSPS) is 15.3. The predicted molar refractivity (Wildman–Crippen MR) is 134 cm³/mol. The van der Waals surface area contributed by atoms with Crippen molar-refractivity contribution in [3.05, 3.63) is 59.3 Å². The molecule has 8 heteroatoms. The van der Waals surface area contributed by atoms with Crippen LogP contribution in [0.1, 0.15) is 54.1 Å². The molecule has 1 amide bonds. The number of likely N-dealkylation sites (tertiary alicyclic amines) is 1. The van der Waals surface area contributed by atoms with E-state index in [9.17, 15) is 13.2 Å². The van der Waals surface area contributed by atoms with Gasteiger partial charge in [0.2, 0.25) is 10.0 Å². The minimum atomic E-state index is -3.62. The Hall–Kier alpha value is -2.84. The summed E-state index contributed by atoms with van der Waals surface area (Å²) in [6.07, 6.45) is 3.77. The maximum Gasteiger partial charge on any atom is 0.254 e. The fourth-order valence-electron chi connectivity index (χ4n) is 4.85. The number of nitrogens with zero attached hydrogens (tertiary/aromatic N) is 2. The summed E-state index contributed by atoms with van der Waals surface area (Å²) in [5.41, 5.74) is 3.58. The average Bonchev–Trinajstić information content (AvgIpc) is 3.27. The first-order valence-corrected chi connectivity index (χ1v) is 13.3. The molecular formula is C26H33N3O4S. The van der Waals surface area contributed by atoms with Crippen LogP contribution in [-0.2, 0) is 10.0 Å². The van der Waals surface area contributed by atoms with E-state index in [1.54, 1.807) is 25.3 Å². The second-order valence-electron chi connectivity index (χ2n) is 8.79. The van der Waals surface area contributed by atoms with Crippen molar-refractivity contribution in [1.29, 1.82) is 0 Å². The molecule has 0 spiro atoms. The van der Waals surface area contributed by atoms with Crippen LogP contribution in [0.5, 0.6) is 5.75 Å². The summed E-state index contributed by atoms with van der Waals surface area (Å²) in [6.45, 7) is 7.53. The van der Waals surface area contributed by atoms with Gasteiger partial charge in [-0.15, -0.1) is 0 Å². The Labute approximate surface area is 201 Å². The molecule has 3 aromatic rings. The summed E-state index contributed by atoms with van der Waals surface area (Å²) < 4.78 is 32.7. The van der Waals surface area contributed by atoms with E-state index >= 15 is 0 Å². The number of sulfonamides is 1. The summed E-state index contributed by atoms with van der Waals surface area (Å²) in [7, 11) is -1.95. The summed E-state index contributed by atoms with van der Waals surface area (Å²) in [4.78, 5) is 18.8. The number of methoxy groups -OCH3 is 1. The van der Waals surface area contributed by atoms with Crippen LogP contribution < -0.4 is 4.74 Å². The van der Waals surface area contributed by atoms with Gasteiger partial charge in [0.15, 0.2) is 0 Å². The number of hydrogen-bond donors (Lipinski definition) is 1. The Morgan fingerprint density at radius 1 is 1.12 bits per heavy atom. The fraction of sp³-hybridized carbons (Fsp3) is 0.423. The van der Waals surface area contributed by atoms with E-state index in [-0.39, 0.29) is 10.8 Å². The van der Waals surface area contributed by atoms with Crippen LogP contribution in [0.4, 0.5) is 0 Å². The number of aromatic amines is 1. The Balaban J connectivity index is 1.52. The van der Waals surface area contributed by atoms with Crippen molar-refractivity contribution >= 4 is 26.8 Å². The van der Waals surface area contributed by atoms with Gasteiger partial charge < -0.3 is 14.6 Å². The van der Waals surface area contributed by atoms with Gasteiger partial charge in [0.25, 0.3) is 5.91 Å². The number of nitrogens with one attached hydrogen (secondary N) is 1. The Kier molecular flexibility index (Phi) is 7.00. The maximum atomic E-state index is 13.4. The summed E-state index contributed by atoms with van der Waals surface area (Å²) in [5.74, 6) is 1.07. The highest BCUT2D eigenvalue weighted by molar-refractivity contribution is 7.89. The molecule has 0 saturated carbocycles. The monoisotopic (exact) mass is 483 g/mol. The number of carbonyl (C=O) groups is 1. The zero-order valence-corrected chi connectivity index (χ0v) is 21.1. The average molecular weight is 484 g/mol. The molecule has 0 radical (unpaired) electrons. The Bertz CT molecular complexity index is 1290. The largest absolute Gasteiger partial charge is 0.497 e. The number of H-pyrrole nitrogens is 1. The molecule has 0 aliphatic carbocycles. The Morgan fingerprint density at radius 3 is 2.47 bits per heavy atom. The highest BCUT2D eigenvalue weighted by Gasteiger charge is 2.29. The minimum absolute atomic E-state index is 0.104. The highest BCUT2D eigenvalue weighted by atomic mass is 32.2. The van der Waals surface area contributed by atoms with Gasteiger partial charge in [-0.3, -0.25) is 4.79 Å². The zero-order valence-electron chi connectivity index (χ0n) is 20.3. The van der Waals surface area contributed by atoms with E-state index in [0.29, 0.717) is 37.7 Å². The van der Waals surface area contributed by atoms with Crippen molar-refractivity contribution in [3.63, 3.8) is 0 Å². The molecule has 1 aliphatic heterocycles. The lowest BCUT2D eigenvalue weighted by Gasteiger charge is -2.32. The first-order chi connectivity index (χ1) is 16.3. The second kappa shape index (κ2) is 9.80. The predicted octanol–water partition coefficient (Wildman–Crippen LogP) is 4.54. The summed E-state index contributed by atoms with van der Waals surface area (Å²) in [5, 5.41) is 1.16. The molecule has 0 atom stereocenters. The SMILES string of the molecule is CCN(CC)S(=O)(=O)c1ccc(C)c(C(=O)N2CCC(c3c[nH]c4ccc(OC)cc34)CC2)c1.